The Bertz CT molecular complexity index is 890. The predicted molar refractivity (Wildman–Crippen MR) is 118 cm³/mol. The number of hydrogen-bond acceptors (Lipinski definition) is 5. The lowest BCUT2D eigenvalue weighted by Crippen LogP contribution is -2.42. The monoisotopic (exact) mass is 410 g/mol. The third-order valence-electron chi connectivity index (χ3n) is 5.25. The van der Waals surface area contributed by atoms with Crippen molar-refractivity contribution in [2.75, 3.05) is 33.9 Å². The minimum absolute atomic E-state index is 0.115. The summed E-state index contributed by atoms with van der Waals surface area (Å²) in [5.41, 5.74) is 2.55. The number of aromatic hydroxyl groups is 1. The molecule has 0 aromatic heterocycles. The summed E-state index contributed by atoms with van der Waals surface area (Å²) >= 11 is 0. The first-order chi connectivity index (χ1) is 14.5. The maximum Gasteiger partial charge on any atom is 0.254 e. The summed E-state index contributed by atoms with van der Waals surface area (Å²) in [4.78, 5) is 15.2. The number of benzene rings is 2. The summed E-state index contributed by atoms with van der Waals surface area (Å²) in [7, 11) is 2.94. The van der Waals surface area contributed by atoms with Gasteiger partial charge in [0.25, 0.3) is 5.91 Å². The number of nitrogens with zero attached hydrogens (tertiary/aromatic N) is 1. The van der Waals surface area contributed by atoms with Crippen molar-refractivity contribution in [3.8, 4) is 17.2 Å². The van der Waals surface area contributed by atoms with Gasteiger partial charge in [-0.25, -0.2) is 0 Å². The molecule has 1 amide bonds. The highest BCUT2D eigenvalue weighted by Gasteiger charge is 2.24. The lowest BCUT2D eigenvalue weighted by Gasteiger charge is -2.27. The van der Waals surface area contributed by atoms with Crippen molar-refractivity contribution in [2.45, 2.75) is 25.8 Å². The minimum Gasteiger partial charge on any atom is -0.504 e. The van der Waals surface area contributed by atoms with E-state index in [1.54, 1.807) is 6.07 Å². The molecule has 2 aromatic carbocycles. The van der Waals surface area contributed by atoms with Crippen LogP contribution in [0.5, 0.6) is 17.2 Å². The number of amides is 1. The molecule has 30 heavy (non-hydrogen) atoms. The fourth-order valence-corrected chi connectivity index (χ4v) is 3.83. The average molecular weight is 411 g/mol. The van der Waals surface area contributed by atoms with Crippen LogP contribution < -0.4 is 14.8 Å². The molecule has 3 rings (SSSR count). The van der Waals surface area contributed by atoms with E-state index in [1.807, 2.05) is 42.2 Å². The van der Waals surface area contributed by atoms with Crippen molar-refractivity contribution in [2.24, 2.45) is 0 Å². The second kappa shape index (κ2) is 10.2. The van der Waals surface area contributed by atoms with E-state index >= 15 is 0 Å². The highest BCUT2D eigenvalue weighted by molar-refractivity contribution is 5.96. The number of carbonyl (C=O) groups excluding carboxylic acids is 1. The Morgan fingerprint density at radius 2 is 2.00 bits per heavy atom. The maximum atomic E-state index is 13.4. The van der Waals surface area contributed by atoms with Gasteiger partial charge in [-0.3, -0.25) is 4.79 Å². The van der Waals surface area contributed by atoms with Crippen LogP contribution in [-0.4, -0.2) is 55.8 Å². The van der Waals surface area contributed by atoms with Gasteiger partial charge in [-0.05, 0) is 44.0 Å². The van der Waals surface area contributed by atoms with E-state index < -0.39 is 0 Å². The number of rotatable bonds is 8. The van der Waals surface area contributed by atoms with Crippen LogP contribution in [0.1, 0.15) is 35.7 Å². The van der Waals surface area contributed by atoms with Crippen LogP contribution in [0.3, 0.4) is 0 Å². The zero-order valence-electron chi connectivity index (χ0n) is 17.9. The van der Waals surface area contributed by atoms with Crippen molar-refractivity contribution in [3.05, 3.63) is 59.2 Å². The zero-order chi connectivity index (χ0) is 21.5. The molecule has 0 aliphatic carbocycles. The second-order valence-corrected chi connectivity index (χ2v) is 7.61. The van der Waals surface area contributed by atoms with Gasteiger partial charge in [0.1, 0.15) is 0 Å². The van der Waals surface area contributed by atoms with E-state index in [0.29, 0.717) is 24.4 Å². The molecule has 2 aromatic rings. The molecule has 1 saturated heterocycles. The molecular formula is C24H30N2O4. The fraction of sp³-hybridized carbons (Fsp3) is 0.375. The Morgan fingerprint density at radius 3 is 2.63 bits per heavy atom. The molecule has 1 aliphatic heterocycles. The smallest absolute Gasteiger partial charge is 0.254 e. The van der Waals surface area contributed by atoms with Gasteiger partial charge in [0, 0.05) is 24.7 Å². The first-order valence-electron chi connectivity index (χ1n) is 10.2. The van der Waals surface area contributed by atoms with Gasteiger partial charge in [0.2, 0.25) is 5.75 Å². The van der Waals surface area contributed by atoms with Crippen LogP contribution in [0.4, 0.5) is 0 Å². The van der Waals surface area contributed by atoms with E-state index in [-0.39, 0.29) is 23.4 Å². The molecular weight excluding hydrogens is 380 g/mol. The lowest BCUT2D eigenvalue weighted by molar-refractivity contribution is 0.0756. The molecule has 6 nitrogen and oxygen atoms in total. The van der Waals surface area contributed by atoms with Crippen molar-refractivity contribution in [1.82, 2.24) is 10.2 Å². The molecule has 0 radical (unpaired) electrons. The summed E-state index contributed by atoms with van der Waals surface area (Å²) in [6, 6.07) is 13.4. The van der Waals surface area contributed by atoms with E-state index in [2.05, 4.69) is 11.4 Å². The Balaban J connectivity index is 1.86. The number of hydrogen-bond donors (Lipinski definition) is 2. The van der Waals surface area contributed by atoms with Crippen molar-refractivity contribution in [3.63, 3.8) is 0 Å². The quantitative estimate of drug-likeness (QED) is 0.694. The van der Waals surface area contributed by atoms with Gasteiger partial charge in [-0.15, -0.1) is 0 Å². The van der Waals surface area contributed by atoms with Gasteiger partial charge in [-0.2, -0.15) is 0 Å². The topological polar surface area (TPSA) is 71.0 Å². The molecule has 160 valence electrons. The predicted octanol–water partition coefficient (Wildman–Crippen LogP) is 3.71. The largest absolute Gasteiger partial charge is 0.504 e. The first-order valence-corrected chi connectivity index (χ1v) is 10.2. The number of ether oxygens (including phenoxy) is 2. The van der Waals surface area contributed by atoms with E-state index in [0.717, 1.165) is 30.5 Å². The molecule has 2 N–H and O–H groups in total. The van der Waals surface area contributed by atoms with E-state index in [1.165, 1.54) is 20.3 Å². The average Bonchev–Trinajstić information content (AvgIpc) is 3.26. The molecule has 0 saturated carbocycles. The van der Waals surface area contributed by atoms with E-state index in [9.17, 15) is 9.90 Å². The van der Waals surface area contributed by atoms with Crippen LogP contribution in [-0.2, 0) is 0 Å². The number of nitrogens with one attached hydrogen (secondary N) is 1. The Morgan fingerprint density at radius 1 is 1.23 bits per heavy atom. The highest BCUT2D eigenvalue weighted by Crippen LogP contribution is 2.37. The second-order valence-electron chi connectivity index (χ2n) is 7.61. The van der Waals surface area contributed by atoms with Crippen LogP contribution in [0.25, 0.3) is 6.08 Å². The van der Waals surface area contributed by atoms with Crippen LogP contribution in [0.15, 0.2) is 48.0 Å². The molecule has 6 heteroatoms. The highest BCUT2D eigenvalue weighted by atomic mass is 16.5. The Kier molecular flexibility index (Phi) is 7.36. The molecule has 0 bridgehead atoms. The van der Waals surface area contributed by atoms with Crippen LogP contribution in [0.2, 0.25) is 0 Å². The third-order valence-corrected chi connectivity index (χ3v) is 5.25. The van der Waals surface area contributed by atoms with Crippen molar-refractivity contribution in [1.29, 1.82) is 0 Å². The molecule has 1 atom stereocenters. The molecule has 1 fully saturated rings. The van der Waals surface area contributed by atoms with Crippen LogP contribution >= 0.6 is 0 Å². The fourth-order valence-electron chi connectivity index (χ4n) is 3.83. The van der Waals surface area contributed by atoms with Crippen molar-refractivity contribution >= 4 is 12.0 Å². The van der Waals surface area contributed by atoms with E-state index in [4.69, 9.17) is 9.47 Å². The Hall–Kier alpha value is -2.99. The first kappa shape index (κ1) is 21.7. The maximum absolute atomic E-state index is 13.4. The number of methoxy groups -OCH3 is 2. The molecule has 0 unspecified atom stereocenters. The molecule has 1 heterocycles. The number of phenolic OH excluding ortho intramolecular Hbond substituents is 1. The summed E-state index contributed by atoms with van der Waals surface area (Å²) < 4.78 is 10.5. The molecule has 1 aliphatic rings. The summed E-state index contributed by atoms with van der Waals surface area (Å²) in [5, 5.41) is 13.8. The van der Waals surface area contributed by atoms with Crippen molar-refractivity contribution < 1.29 is 19.4 Å². The van der Waals surface area contributed by atoms with Gasteiger partial charge in [0.05, 0.1) is 14.2 Å². The van der Waals surface area contributed by atoms with Gasteiger partial charge >= 0.3 is 0 Å². The molecule has 0 spiro atoms. The standard InChI is InChI=1S/C24H30N2O4/c1-17(12-18-8-5-4-6-9-18)15-26(16-20-10-7-11-25-20)24(28)19-13-21(27)23(30-3)22(14-19)29-2/h4-6,8-9,12-14,20,25,27H,7,10-11,15-16H2,1-3H3/b17-12+/t20-/m1/s1. The number of phenols is 1. The SMILES string of the molecule is COc1cc(C(=O)N(C/C(C)=C/c2ccccc2)C[C@H]2CCCN2)cc(O)c1OC. The third kappa shape index (κ3) is 5.33. The normalized spacial score (nSPS) is 16.4. The van der Waals surface area contributed by atoms with Crippen LogP contribution in [0, 0.1) is 0 Å². The Labute approximate surface area is 178 Å². The zero-order valence-corrected chi connectivity index (χ0v) is 17.9. The lowest BCUT2D eigenvalue weighted by atomic mass is 10.1. The number of carbonyl (C=O) groups is 1. The summed E-state index contributed by atoms with van der Waals surface area (Å²) in [5.74, 6) is 0.283. The summed E-state index contributed by atoms with van der Waals surface area (Å²) in [6.45, 7) is 4.11. The minimum atomic E-state index is -0.152. The van der Waals surface area contributed by atoms with Gasteiger partial charge in [0.15, 0.2) is 11.5 Å². The summed E-state index contributed by atoms with van der Waals surface area (Å²) in [6.07, 6.45) is 4.25. The van der Waals surface area contributed by atoms with Gasteiger partial charge < -0.3 is 24.8 Å². The van der Waals surface area contributed by atoms with Gasteiger partial charge in [-0.1, -0.05) is 42.0 Å².